The van der Waals surface area contributed by atoms with Crippen LogP contribution in [0.3, 0.4) is 0 Å². The molecule has 0 N–H and O–H groups in total. The second-order valence-corrected chi connectivity index (χ2v) is 3.24. The van der Waals surface area contributed by atoms with Crippen molar-refractivity contribution in [3.05, 3.63) is 47.2 Å². The largest absolute Gasteiger partial charge is 0.453 e. The van der Waals surface area contributed by atoms with Gasteiger partial charge in [-0.2, -0.15) is 5.26 Å². The molecule has 0 bridgehead atoms. The smallest absolute Gasteiger partial charge is 0.185 e. The van der Waals surface area contributed by atoms with Crippen molar-refractivity contribution in [2.45, 2.75) is 0 Å². The minimum Gasteiger partial charge on any atom is -0.453 e. The number of benzene rings is 1. The Kier molecular flexibility index (Phi) is 2.71. The van der Waals surface area contributed by atoms with Crippen LogP contribution in [0.25, 0.3) is 11.3 Å². The zero-order chi connectivity index (χ0) is 12.4. The van der Waals surface area contributed by atoms with Crippen LogP contribution in [0.15, 0.2) is 28.7 Å². The molecule has 2 rings (SSSR count). The quantitative estimate of drug-likeness (QED) is 0.749. The highest BCUT2D eigenvalue weighted by Crippen LogP contribution is 2.26. The first-order valence-corrected chi connectivity index (χ1v) is 4.60. The first-order chi connectivity index (χ1) is 8.15. The summed E-state index contributed by atoms with van der Waals surface area (Å²) in [5.41, 5.74) is -0.511. The van der Waals surface area contributed by atoms with E-state index in [1.165, 1.54) is 18.2 Å². The lowest BCUT2D eigenvalue weighted by Crippen LogP contribution is -1.90. The summed E-state index contributed by atoms with van der Waals surface area (Å²) in [4.78, 5) is 10.4. The van der Waals surface area contributed by atoms with Crippen molar-refractivity contribution in [3.63, 3.8) is 0 Å². The summed E-state index contributed by atoms with van der Waals surface area (Å²) in [7, 11) is 0. The average Bonchev–Trinajstić information content (AvgIpc) is 2.80. The molecule has 2 aromatic rings. The minimum atomic E-state index is -0.840. The second kappa shape index (κ2) is 4.18. The van der Waals surface area contributed by atoms with Gasteiger partial charge in [0.2, 0.25) is 0 Å². The topological polar surface area (TPSA) is 54.0 Å². The van der Waals surface area contributed by atoms with Crippen LogP contribution in [0.5, 0.6) is 0 Å². The van der Waals surface area contributed by atoms with Crippen LogP contribution >= 0.6 is 0 Å². The minimum absolute atomic E-state index is 0.0177. The molecule has 0 radical (unpaired) electrons. The van der Waals surface area contributed by atoms with Gasteiger partial charge in [-0.05, 0) is 24.3 Å². The Hall–Kier alpha value is -2.48. The predicted molar refractivity (Wildman–Crippen MR) is 54.2 cm³/mol. The molecule has 84 valence electrons. The summed E-state index contributed by atoms with van der Waals surface area (Å²) >= 11 is 0. The van der Waals surface area contributed by atoms with Gasteiger partial charge < -0.3 is 4.42 Å². The molecule has 0 aliphatic rings. The number of hydrogen-bond donors (Lipinski definition) is 0. The molecule has 0 saturated heterocycles. The standard InChI is InChI=1S/C12H5F2NO2/c13-10-4-9(11(14)3-7(10)5-15)12-2-1-8(6-16)17-12/h1-4,6H. The molecule has 0 aliphatic carbocycles. The van der Waals surface area contributed by atoms with Crippen LogP contribution in [-0.4, -0.2) is 6.29 Å². The summed E-state index contributed by atoms with van der Waals surface area (Å²) in [5.74, 6) is -1.57. The molecule has 0 saturated carbocycles. The zero-order valence-corrected chi connectivity index (χ0v) is 8.41. The molecule has 0 amide bonds. The molecule has 1 aromatic heterocycles. The second-order valence-electron chi connectivity index (χ2n) is 3.24. The number of hydrogen-bond acceptors (Lipinski definition) is 3. The van der Waals surface area contributed by atoms with Crippen molar-refractivity contribution in [3.8, 4) is 17.4 Å². The third-order valence-electron chi connectivity index (χ3n) is 2.19. The number of rotatable bonds is 2. The van der Waals surface area contributed by atoms with Crippen molar-refractivity contribution in [1.82, 2.24) is 0 Å². The number of aldehydes is 1. The third-order valence-corrected chi connectivity index (χ3v) is 2.19. The number of carbonyl (C=O) groups is 1. The van der Waals surface area contributed by atoms with Gasteiger partial charge in [-0.3, -0.25) is 4.79 Å². The van der Waals surface area contributed by atoms with E-state index in [0.717, 1.165) is 12.1 Å². The molecule has 17 heavy (non-hydrogen) atoms. The van der Waals surface area contributed by atoms with Gasteiger partial charge in [-0.25, -0.2) is 8.78 Å². The van der Waals surface area contributed by atoms with Crippen molar-refractivity contribution >= 4 is 6.29 Å². The maximum atomic E-state index is 13.5. The summed E-state index contributed by atoms with van der Waals surface area (Å²) in [6, 6.07) is 5.88. The molecular weight excluding hydrogens is 228 g/mol. The number of nitriles is 1. The SMILES string of the molecule is N#Cc1cc(F)c(-c2ccc(C=O)o2)cc1F. The fourth-order valence-electron chi connectivity index (χ4n) is 1.38. The molecule has 1 aromatic carbocycles. The van der Waals surface area contributed by atoms with Crippen molar-refractivity contribution < 1.29 is 18.0 Å². The lowest BCUT2D eigenvalue weighted by atomic mass is 10.1. The Morgan fingerprint density at radius 2 is 2.00 bits per heavy atom. The van der Waals surface area contributed by atoms with E-state index in [2.05, 4.69) is 0 Å². The lowest BCUT2D eigenvalue weighted by Gasteiger charge is -2.01. The van der Waals surface area contributed by atoms with Crippen LogP contribution in [0.2, 0.25) is 0 Å². The van der Waals surface area contributed by atoms with E-state index < -0.39 is 11.6 Å². The van der Waals surface area contributed by atoms with Gasteiger partial charge in [0, 0.05) is 0 Å². The molecule has 0 aliphatic heterocycles. The van der Waals surface area contributed by atoms with Crippen LogP contribution in [-0.2, 0) is 0 Å². The van der Waals surface area contributed by atoms with E-state index in [1.807, 2.05) is 0 Å². The maximum Gasteiger partial charge on any atom is 0.185 e. The van der Waals surface area contributed by atoms with Crippen molar-refractivity contribution in [1.29, 1.82) is 5.26 Å². The molecule has 5 heteroatoms. The van der Waals surface area contributed by atoms with Gasteiger partial charge in [0.25, 0.3) is 0 Å². The molecule has 3 nitrogen and oxygen atoms in total. The summed E-state index contributed by atoms with van der Waals surface area (Å²) in [5, 5.41) is 8.52. The Labute approximate surface area is 94.9 Å². The van der Waals surface area contributed by atoms with Gasteiger partial charge in [0.05, 0.1) is 11.1 Å². The fourth-order valence-corrected chi connectivity index (χ4v) is 1.38. The van der Waals surface area contributed by atoms with Gasteiger partial charge in [-0.15, -0.1) is 0 Å². The van der Waals surface area contributed by atoms with E-state index in [-0.39, 0.29) is 22.6 Å². The number of halogens is 2. The van der Waals surface area contributed by atoms with Gasteiger partial charge >= 0.3 is 0 Å². The number of furan rings is 1. The van der Waals surface area contributed by atoms with E-state index in [1.54, 1.807) is 0 Å². The van der Waals surface area contributed by atoms with E-state index in [0.29, 0.717) is 6.29 Å². The maximum absolute atomic E-state index is 13.5. The monoisotopic (exact) mass is 233 g/mol. The first kappa shape index (κ1) is 11.0. The Morgan fingerprint density at radius 3 is 2.59 bits per heavy atom. The van der Waals surface area contributed by atoms with Crippen LogP contribution in [0.4, 0.5) is 8.78 Å². The van der Waals surface area contributed by atoms with Crippen LogP contribution in [0, 0.1) is 23.0 Å². The predicted octanol–water partition coefficient (Wildman–Crippen LogP) is 2.91. The van der Waals surface area contributed by atoms with E-state index >= 15 is 0 Å². The van der Waals surface area contributed by atoms with Crippen LogP contribution in [0.1, 0.15) is 16.1 Å². The molecule has 1 heterocycles. The lowest BCUT2D eigenvalue weighted by molar-refractivity contribution is 0.110. The van der Waals surface area contributed by atoms with Gasteiger partial charge in [0.15, 0.2) is 12.0 Å². The Balaban J connectivity index is 2.56. The summed E-state index contributed by atoms with van der Waals surface area (Å²) in [6.07, 6.45) is 0.460. The van der Waals surface area contributed by atoms with E-state index in [4.69, 9.17) is 9.68 Å². The highest BCUT2D eigenvalue weighted by atomic mass is 19.1. The van der Waals surface area contributed by atoms with Crippen LogP contribution < -0.4 is 0 Å². The highest BCUT2D eigenvalue weighted by Gasteiger charge is 2.14. The third kappa shape index (κ3) is 1.93. The van der Waals surface area contributed by atoms with Gasteiger partial charge in [0.1, 0.15) is 23.5 Å². The average molecular weight is 233 g/mol. The van der Waals surface area contributed by atoms with Crippen molar-refractivity contribution in [2.24, 2.45) is 0 Å². The molecule has 0 unspecified atom stereocenters. The summed E-state index contributed by atoms with van der Waals surface area (Å²) < 4.78 is 31.8. The number of nitrogens with zero attached hydrogens (tertiary/aromatic N) is 1. The van der Waals surface area contributed by atoms with E-state index in [9.17, 15) is 13.6 Å². The molecule has 0 spiro atoms. The molecule has 0 atom stereocenters. The molecular formula is C12H5F2NO2. The number of carbonyl (C=O) groups excluding carboxylic acids is 1. The zero-order valence-electron chi connectivity index (χ0n) is 8.41. The normalized spacial score (nSPS) is 9.94. The van der Waals surface area contributed by atoms with Crippen molar-refractivity contribution in [2.75, 3.05) is 0 Å². The Morgan fingerprint density at radius 1 is 1.24 bits per heavy atom. The molecule has 0 fully saturated rings. The van der Waals surface area contributed by atoms with Gasteiger partial charge in [-0.1, -0.05) is 0 Å². The Bertz CT molecular complexity index is 626. The highest BCUT2D eigenvalue weighted by molar-refractivity contribution is 5.73. The first-order valence-electron chi connectivity index (χ1n) is 4.60. The summed E-state index contributed by atoms with van der Waals surface area (Å²) in [6.45, 7) is 0. The fraction of sp³-hybridized carbons (Fsp3) is 0.